The minimum atomic E-state index is -1.56. The standard InChI is InChI=1S/C26H25NO3/c1-3-13-20-14-11-12-19-23(20)27(24(28)21-15-7-5-8-16-21)26(4-2,25(29)30)22-17-9-6-10-18-22/h3,5-12,14-19H,1,4,13H2,2H3,(H,29,30). The minimum Gasteiger partial charge on any atom is -0.479 e. The number of rotatable bonds is 8. The Labute approximate surface area is 177 Å². The largest absolute Gasteiger partial charge is 0.479 e. The third kappa shape index (κ3) is 3.77. The van der Waals surface area contributed by atoms with Crippen LogP contribution < -0.4 is 4.90 Å². The van der Waals surface area contributed by atoms with Crippen LogP contribution in [0.5, 0.6) is 0 Å². The summed E-state index contributed by atoms with van der Waals surface area (Å²) in [6.07, 6.45) is 2.47. The molecule has 30 heavy (non-hydrogen) atoms. The first-order valence-corrected chi connectivity index (χ1v) is 9.93. The monoisotopic (exact) mass is 399 g/mol. The van der Waals surface area contributed by atoms with Crippen LogP contribution in [0.2, 0.25) is 0 Å². The molecular weight excluding hydrogens is 374 g/mol. The summed E-state index contributed by atoms with van der Waals surface area (Å²) in [5, 5.41) is 10.5. The molecule has 4 nitrogen and oxygen atoms in total. The molecule has 0 radical (unpaired) electrons. The van der Waals surface area contributed by atoms with Crippen molar-refractivity contribution < 1.29 is 14.7 Å². The molecular formula is C26H25NO3. The molecule has 0 fully saturated rings. The number of amides is 1. The van der Waals surface area contributed by atoms with E-state index in [1.54, 1.807) is 67.6 Å². The van der Waals surface area contributed by atoms with Gasteiger partial charge in [0, 0.05) is 11.3 Å². The first-order chi connectivity index (χ1) is 14.6. The topological polar surface area (TPSA) is 57.6 Å². The maximum Gasteiger partial charge on any atom is 0.334 e. The number of carbonyl (C=O) groups excluding carboxylic acids is 1. The van der Waals surface area contributed by atoms with Crippen molar-refractivity contribution in [1.29, 1.82) is 0 Å². The van der Waals surface area contributed by atoms with Crippen molar-refractivity contribution in [3.05, 3.63) is 114 Å². The molecule has 0 saturated carbocycles. The van der Waals surface area contributed by atoms with Crippen molar-refractivity contribution in [3.63, 3.8) is 0 Å². The number of allylic oxidation sites excluding steroid dienone is 1. The van der Waals surface area contributed by atoms with Gasteiger partial charge >= 0.3 is 5.97 Å². The second-order valence-corrected chi connectivity index (χ2v) is 7.01. The molecule has 0 spiro atoms. The predicted octanol–water partition coefficient (Wildman–Crippen LogP) is 5.45. The van der Waals surface area contributed by atoms with Crippen molar-refractivity contribution in [3.8, 4) is 0 Å². The number of carbonyl (C=O) groups is 2. The average Bonchev–Trinajstić information content (AvgIpc) is 2.79. The second-order valence-electron chi connectivity index (χ2n) is 7.01. The molecule has 3 rings (SSSR count). The van der Waals surface area contributed by atoms with E-state index in [1.807, 2.05) is 30.3 Å². The number of hydrogen-bond acceptors (Lipinski definition) is 2. The zero-order valence-electron chi connectivity index (χ0n) is 17.0. The van der Waals surface area contributed by atoms with Gasteiger partial charge < -0.3 is 5.11 Å². The van der Waals surface area contributed by atoms with E-state index < -0.39 is 11.5 Å². The smallest absolute Gasteiger partial charge is 0.334 e. The van der Waals surface area contributed by atoms with E-state index in [2.05, 4.69) is 6.58 Å². The Morgan fingerprint density at radius 3 is 2.07 bits per heavy atom. The molecule has 0 bridgehead atoms. The molecule has 3 aromatic rings. The summed E-state index contributed by atoms with van der Waals surface area (Å²) in [4.78, 5) is 28.1. The van der Waals surface area contributed by atoms with Crippen molar-refractivity contribution in [2.75, 3.05) is 4.90 Å². The number of carboxylic acid groups (broad SMARTS) is 1. The Balaban J connectivity index is 2.34. The van der Waals surface area contributed by atoms with Gasteiger partial charge in [0.1, 0.15) is 0 Å². The molecule has 1 amide bonds. The molecule has 0 aromatic heterocycles. The first-order valence-electron chi connectivity index (χ1n) is 9.93. The normalized spacial score (nSPS) is 12.6. The molecule has 0 aliphatic carbocycles. The van der Waals surface area contributed by atoms with Gasteiger partial charge in [0.2, 0.25) is 0 Å². The third-order valence-corrected chi connectivity index (χ3v) is 5.32. The first kappa shape index (κ1) is 21.1. The van der Waals surface area contributed by atoms with Crippen LogP contribution in [-0.2, 0) is 16.8 Å². The molecule has 4 heteroatoms. The SMILES string of the molecule is C=CCc1ccccc1N(C(=O)c1ccccc1)C(CC)(C(=O)O)c1ccccc1. The fourth-order valence-corrected chi connectivity index (χ4v) is 3.83. The molecule has 0 aliphatic rings. The number of para-hydroxylation sites is 1. The van der Waals surface area contributed by atoms with E-state index in [0.29, 0.717) is 23.2 Å². The average molecular weight is 399 g/mol. The van der Waals surface area contributed by atoms with Gasteiger partial charge in [-0.15, -0.1) is 6.58 Å². The molecule has 1 N–H and O–H groups in total. The molecule has 0 saturated heterocycles. The fourth-order valence-electron chi connectivity index (χ4n) is 3.83. The number of hydrogen-bond donors (Lipinski definition) is 1. The van der Waals surface area contributed by atoms with Crippen LogP contribution in [0.15, 0.2) is 97.6 Å². The molecule has 152 valence electrons. The third-order valence-electron chi connectivity index (χ3n) is 5.32. The lowest BCUT2D eigenvalue weighted by atomic mass is 9.83. The van der Waals surface area contributed by atoms with Gasteiger partial charge in [-0.2, -0.15) is 0 Å². The quantitative estimate of drug-likeness (QED) is 0.512. The Bertz CT molecular complexity index is 1030. The summed E-state index contributed by atoms with van der Waals surface area (Å²) in [5.74, 6) is -1.44. The van der Waals surface area contributed by atoms with Crippen LogP contribution in [-0.4, -0.2) is 17.0 Å². The van der Waals surface area contributed by atoms with E-state index in [4.69, 9.17) is 0 Å². The lowest BCUT2D eigenvalue weighted by Gasteiger charge is -2.41. The maximum absolute atomic E-state index is 13.8. The minimum absolute atomic E-state index is 0.202. The highest BCUT2D eigenvalue weighted by Crippen LogP contribution is 2.39. The van der Waals surface area contributed by atoms with Gasteiger partial charge in [0.25, 0.3) is 5.91 Å². The van der Waals surface area contributed by atoms with Gasteiger partial charge in [0.05, 0.1) is 0 Å². The Morgan fingerprint density at radius 1 is 0.933 bits per heavy atom. The van der Waals surface area contributed by atoms with Gasteiger partial charge in [-0.25, -0.2) is 4.79 Å². The summed E-state index contributed by atoms with van der Waals surface area (Å²) in [6.45, 7) is 5.61. The van der Waals surface area contributed by atoms with Crippen molar-refractivity contribution in [2.24, 2.45) is 0 Å². The lowest BCUT2D eigenvalue weighted by Crippen LogP contribution is -2.55. The van der Waals surface area contributed by atoms with E-state index in [9.17, 15) is 14.7 Å². The van der Waals surface area contributed by atoms with E-state index >= 15 is 0 Å². The van der Waals surface area contributed by atoms with Crippen molar-refractivity contribution in [2.45, 2.75) is 25.3 Å². The van der Waals surface area contributed by atoms with E-state index in [-0.39, 0.29) is 12.3 Å². The number of aliphatic carboxylic acids is 1. The number of nitrogens with zero attached hydrogens (tertiary/aromatic N) is 1. The molecule has 1 unspecified atom stereocenters. The van der Waals surface area contributed by atoms with Crippen LogP contribution in [0.3, 0.4) is 0 Å². The van der Waals surface area contributed by atoms with Crippen LogP contribution in [0.1, 0.15) is 34.8 Å². The Hall–Kier alpha value is -3.66. The highest BCUT2D eigenvalue weighted by molar-refractivity contribution is 6.11. The summed E-state index contributed by atoms with van der Waals surface area (Å²) in [7, 11) is 0. The highest BCUT2D eigenvalue weighted by Gasteiger charge is 2.48. The number of carboxylic acids is 1. The molecule has 1 atom stereocenters. The Kier molecular flexibility index (Phi) is 6.48. The molecule has 3 aromatic carbocycles. The summed E-state index contributed by atoms with van der Waals surface area (Å²) in [5.41, 5.74) is 0.829. The van der Waals surface area contributed by atoms with Gasteiger partial charge in [-0.3, -0.25) is 9.69 Å². The van der Waals surface area contributed by atoms with E-state index in [0.717, 1.165) is 5.56 Å². The van der Waals surface area contributed by atoms with Gasteiger partial charge in [0.15, 0.2) is 5.54 Å². The predicted molar refractivity (Wildman–Crippen MR) is 120 cm³/mol. The second kappa shape index (κ2) is 9.23. The Morgan fingerprint density at radius 2 is 1.50 bits per heavy atom. The van der Waals surface area contributed by atoms with Gasteiger partial charge in [-0.1, -0.05) is 79.7 Å². The van der Waals surface area contributed by atoms with Crippen LogP contribution >= 0.6 is 0 Å². The van der Waals surface area contributed by atoms with Gasteiger partial charge in [-0.05, 0) is 42.2 Å². The lowest BCUT2D eigenvalue weighted by molar-refractivity contribution is -0.143. The van der Waals surface area contributed by atoms with E-state index in [1.165, 1.54) is 4.90 Å². The number of anilines is 1. The highest BCUT2D eigenvalue weighted by atomic mass is 16.4. The maximum atomic E-state index is 13.8. The fraction of sp³-hybridized carbons (Fsp3) is 0.154. The summed E-state index contributed by atoms with van der Waals surface area (Å²) in [6, 6.07) is 25.1. The molecule has 0 heterocycles. The van der Waals surface area contributed by atoms with Crippen LogP contribution in [0, 0.1) is 0 Å². The number of benzene rings is 3. The summed E-state index contributed by atoms with van der Waals surface area (Å²) >= 11 is 0. The summed E-state index contributed by atoms with van der Waals surface area (Å²) < 4.78 is 0. The van der Waals surface area contributed by atoms with Crippen LogP contribution in [0.4, 0.5) is 5.69 Å². The zero-order chi connectivity index (χ0) is 21.6. The van der Waals surface area contributed by atoms with Crippen molar-refractivity contribution >= 4 is 17.6 Å². The zero-order valence-corrected chi connectivity index (χ0v) is 17.0. The van der Waals surface area contributed by atoms with Crippen LogP contribution in [0.25, 0.3) is 0 Å². The van der Waals surface area contributed by atoms with Crippen molar-refractivity contribution in [1.82, 2.24) is 0 Å². The molecule has 0 aliphatic heterocycles.